The smallest absolute Gasteiger partial charge is 0.408 e. The number of imidazole rings is 1. The number of nitrogens with one attached hydrogen (secondary N) is 2. The van der Waals surface area contributed by atoms with Crippen LogP contribution in [0.15, 0.2) is 56.8 Å². The molecule has 0 amide bonds. The number of aryl methyl sites for hydroxylation is 1. The maximum absolute atomic E-state index is 12.5. The molecule has 0 aliphatic rings. The van der Waals surface area contributed by atoms with Crippen molar-refractivity contribution in [2.45, 2.75) is 11.8 Å². The summed E-state index contributed by atoms with van der Waals surface area (Å²) in [7, 11) is -3.82. The van der Waals surface area contributed by atoms with Crippen molar-refractivity contribution < 1.29 is 12.8 Å². The quantitative estimate of drug-likeness (QED) is 0.590. The van der Waals surface area contributed by atoms with Crippen LogP contribution >= 0.6 is 0 Å². The van der Waals surface area contributed by atoms with Crippen molar-refractivity contribution in [2.24, 2.45) is 0 Å². The number of H-pyrrole nitrogens is 1. The average molecular weight is 344 g/mol. The molecule has 4 rings (SSSR count). The number of anilines is 1. The molecule has 0 saturated heterocycles. The minimum absolute atomic E-state index is 0.000316. The molecule has 3 aromatic heterocycles. The van der Waals surface area contributed by atoms with E-state index in [2.05, 4.69) is 14.7 Å². The van der Waals surface area contributed by atoms with Gasteiger partial charge >= 0.3 is 5.76 Å². The highest BCUT2D eigenvalue weighted by Crippen LogP contribution is 2.20. The van der Waals surface area contributed by atoms with Crippen LogP contribution in [-0.2, 0) is 10.0 Å². The Kier molecular flexibility index (Phi) is 3.00. The second-order valence-corrected chi connectivity index (χ2v) is 7.03. The number of fused-ring (bicyclic) bond motifs is 2. The van der Waals surface area contributed by atoms with Crippen LogP contribution in [0.25, 0.3) is 16.7 Å². The lowest BCUT2D eigenvalue weighted by atomic mass is 10.3. The number of pyridine rings is 1. The van der Waals surface area contributed by atoms with Gasteiger partial charge < -0.3 is 8.82 Å². The fourth-order valence-corrected chi connectivity index (χ4v) is 3.54. The fraction of sp³-hybridized carbons (Fsp3) is 0.0667. The van der Waals surface area contributed by atoms with Crippen molar-refractivity contribution in [3.05, 3.63) is 59.0 Å². The Bertz CT molecular complexity index is 1230. The van der Waals surface area contributed by atoms with Crippen molar-refractivity contribution >= 4 is 32.5 Å². The molecular weight excluding hydrogens is 332 g/mol. The topological polar surface area (TPSA) is 109 Å². The molecule has 0 saturated carbocycles. The molecule has 1 aromatic carbocycles. The molecule has 24 heavy (non-hydrogen) atoms. The third-order valence-electron chi connectivity index (χ3n) is 3.53. The monoisotopic (exact) mass is 344 g/mol. The van der Waals surface area contributed by atoms with Crippen LogP contribution in [0.1, 0.15) is 5.69 Å². The zero-order chi connectivity index (χ0) is 16.9. The van der Waals surface area contributed by atoms with Gasteiger partial charge in [0, 0.05) is 18.5 Å². The van der Waals surface area contributed by atoms with Crippen LogP contribution in [0.5, 0.6) is 0 Å². The number of sulfonamides is 1. The lowest BCUT2D eigenvalue weighted by Gasteiger charge is -2.08. The summed E-state index contributed by atoms with van der Waals surface area (Å²) in [4.78, 5) is 17.9. The van der Waals surface area contributed by atoms with E-state index < -0.39 is 15.8 Å². The SMILES string of the molecule is Cc1cn2cc(NS(=O)(=O)c3ccc4[nH]c(=O)oc4c3)ccc2n1. The number of hydrogen-bond donors (Lipinski definition) is 2. The van der Waals surface area contributed by atoms with Gasteiger partial charge in [-0.2, -0.15) is 0 Å². The van der Waals surface area contributed by atoms with E-state index in [1.54, 1.807) is 28.9 Å². The van der Waals surface area contributed by atoms with E-state index in [1.165, 1.54) is 18.2 Å². The molecular formula is C15H12N4O4S. The number of aromatic nitrogens is 3. The second-order valence-electron chi connectivity index (χ2n) is 5.34. The van der Waals surface area contributed by atoms with Crippen LogP contribution in [0.3, 0.4) is 0 Å². The number of hydrogen-bond acceptors (Lipinski definition) is 5. The Balaban J connectivity index is 1.73. The van der Waals surface area contributed by atoms with Crippen LogP contribution in [0.2, 0.25) is 0 Å². The molecule has 0 spiro atoms. The highest BCUT2D eigenvalue weighted by molar-refractivity contribution is 7.92. The lowest BCUT2D eigenvalue weighted by Crippen LogP contribution is -2.13. The maximum Gasteiger partial charge on any atom is 0.417 e. The predicted octanol–water partition coefficient (Wildman–Crippen LogP) is 1.88. The molecule has 9 heteroatoms. The van der Waals surface area contributed by atoms with E-state index >= 15 is 0 Å². The minimum atomic E-state index is -3.82. The summed E-state index contributed by atoms with van der Waals surface area (Å²) in [6, 6.07) is 7.54. The summed E-state index contributed by atoms with van der Waals surface area (Å²) in [5.74, 6) is -0.631. The highest BCUT2D eigenvalue weighted by atomic mass is 32.2. The van der Waals surface area contributed by atoms with Gasteiger partial charge in [0.25, 0.3) is 10.0 Å². The molecule has 122 valence electrons. The van der Waals surface area contributed by atoms with Crippen LogP contribution in [-0.4, -0.2) is 22.8 Å². The molecule has 2 N–H and O–H groups in total. The summed E-state index contributed by atoms with van der Waals surface area (Å²) in [5, 5.41) is 0. The summed E-state index contributed by atoms with van der Waals surface area (Å²) >= 11 is 0. The van der Waals surface area contributed by atoms with Crippen molar-refractivity contribution in [1.82, 2.24) is 14.4 Å². The van der Waals surface area contributed by atoms with Gasteiger partial charge in [-0.05, 0) is 31.2 Å². The first-order chi connectivity index (χ1) is 11.4. The normalized spacial score (nSPS) is 12.0. The van der Waals surface area contributed by atoms with E-state index in [0.717, 1.165) is 11.3 Å². The molecule has 0 aliphatic carbocycles. The van der Waals surface area contributed by atoms with Crippen LogP contribution < -0.4 is 10.5 Å². The fourth-order valence-electron chi connectivity index (χ4n) is 2.49. The first-order valence-electron chi connectivity index (χ1n) is 7.02. The van der Waals surface area contributed by atoms with Gasteiger partial charge in [-0.3, -0.25) is 9.71 Å². The van der Waals surface area contributed by atoms with Crippen molar-refractivity contribution in [2.75, 3.05) is 4.72 Å². The third kappa shape index (κ3) is 2.44. The van der Waals surface area contributed by atoms with Gasteiger partial charge in [0.1, 0.15) is 5.65 Å². The zero-order valence-corrected chi connectivity index (χ0v) is 13.3. The molecule has 4 aromatic rings. The molecule has 0 fully saturated rings. The van der Waals surface area contributed by atoms with E-state index in [9.17, 15) is 13.2 Å². The highest BCUT2D eigenvalue weighted by Gasteiger charge is 2.16. The minimum Gasteiger partial charge on any atom is -0.408 e. The van der Waals surface area contributed by atoms with Gasteiger partial charge in [-0.1, -0.05) is 0 Å². The summed E-state index contributed by atoms with van der Waals surface area (Å²) < 4.78 is 34.2. The second kappa shape index (κ2) is 4.96. The van der Waals surface area contributed by atoms with Gasteiger partial charge in [0.05, 0.1) is 21.8 Å². The zero-order valence-electron chi connectivity index (χ0n) is 12.5. The number of benzene rings is 1. The van der Waals surface area contributed by atoms with E-state index in [-0.39, 0.29) is 10.5 Å². The molecule has 3 heterocycles. The summed E-state index contributed by atoms with van der Waals surface area (Å²) in [6.45, 7) is 1.86. The number of rotatable bonds is 3. The van der Waals surface area contributed by atoms with Gasteiger partial charge in [0.15, 0.2) is 5.58 Å². The molecule has 0 atom stereocenters. The van der Waals surface area contributed by atoms with E-state index in [4.69, 9.17) is 4.42 Å². The van der Waals surface area contributed by atoms with Crippen molar-refractivity contribution in [3.8, 4) is 0 Å². The van der Waals surface area contributed by atoms with Gasteiger partial charge in [0.2, 0.25) is 0 Å². The maximum atomic E-state index is 12.5. The Labute approximate surface area is 135 Å². The Morgan fingerprint density at radius 2 is 2.04 bits per heavy atom. The predicted molar refractivity (Wildman–Crippen MR) is 87.6 cm³/mol. The van der Waals surface area contributed by atoms with Crippen LogP contribution in [0.4, 0.5) is 5.69 Å². The molecule has 8 nitrogen and oxygen atoms in total. The lowest BCUT2D eigenvalue weighted by molar-refractivity contribution is 0.554. The molecule has 0 aliphatic heterocycles. The Morgan fingerprint density at radius 1 is 1.21 bits per heavy atom. The number of nitrogens with zero attached hydrogens (tertiary/aromatic N) is 2. The molecule has 0 bridgehead atoms. The van der Waals surface area contributed by atoms with E-state index in [0.29, 0.717) is 11.2 Å². The average Bonchev–Trinajstić information content (AvgIpc) is 3.05. The molecule has 0 unspecified atom stereocenters. The Hall–Kier alpha value is -3.07. The third-order valence-corrected chi connectivity index (χ3v) is 4.91. The van der Waals surface area contributed by atoms with Crippen molar-refractivity contribution in [1.29, 1.82) is 0 Å². The Morgan fingerprint density at radius 3 is 2.88 bits per heavy atom. The number of aromatic amines is 1. The summed E-state index contributed by atoms with van der Waals surface area (Å²) in [5.41, 5.74) is 2.59. The number of oxazole rings is 1. The van der Waals surface area contributed by atoms with Crippen molar-refractivity contribution in [3.63, 3.8) is 0 Å². The van der Waals surface area contributed by atoms with E-state index in [1.807, 2.05) is 6.92 Å². The summed E-state index contributed by atoms with van der Waals surface area (Å²) in [6.07, 6.45) is 3.44. The first kappa shape index (κ1) is 14.5. The first-order valence-corrected chi connectivity index (χ1v) is 8.50. The van der Waals surface area contributed by atoms with Crippen LogP contribution in [0, 0.1) is 6.92 Å². The molecule has 0 radical (unpaired) electrons. The van der Waals surface area contributed by atoms with Gasteiger partial charge in [-0.15, -0.1) is 0 Å². The standard InChI is InChI=1S/C15H12N4O4S/c1-9-7-19-8-10(2-5-14(19)16-9)18-24(21,22)11-3-4-12-13(6-11)23-15(20)17-12/h2-8,18H,1H3,(H,17,20). The van der Waals surface area contributed by atoms with Gasteiger partial charge in [-0.25, -0.2) is 18.2 Å². The largest absolute Gasteiger partial charge is 0.417 e.